The molecule has 0 aromatic heterocycles. The van der Waals surface area contributed by atoms with Crippen LogP contribution in [-0.4, -0.2) is 5.16 Å². The van der Waals surface area contributed by atoms with E-state index in [1.807, 2.05) is 19.1 Å². The van der Waals surface area contributed by atoms with E-state index in [1.165, 1.54) is 51.0 Å². The summed E-state index contributed by atoms with van der Waals surface area (Å²) in [4.78, 5) is 3.68. The summed E-state index contributed by atoms with van der Waals surface area (Å²) in [6, 6.07) is 10.8. The number of thiocarbonyl (C=S) groups is 1. The molecule has 1 nitrogen and oxygen atoms in total. The SMILES string of the molecule is CCCCC1CCC(C#Cc2ccc(C#Cc3ccc(N=C=S)c(F)c3)c(C)c2)CC1. The maximum Gasteiger partial charge on any atom is 0.150 e. The minimum atomic E-state index is -0.453. The summed E-state index contributed by atoms with van der Waals surface area (Å²) in [7, 11) is 0. The molecule has 0 spiro atoms. The van der Waals surface area contributed by atoms with Crippen LogP contribution in [0.3, 0.4) is 0 Å². The molecule has 158 valence electrons. The Morgan fingerprint density at radius 1 is 1.00 bits per heavy atom. The van der Waals surface area contributed by atoms with Gasteiger partial charge in [0.25, 0.3) is 0 Å². The minimum Gasteiger partial charge on any atom is -0.205 e. The van der Waals surface area contributed by atoms with E-state index in [2.05, 4.69) is 59.0 Å². The Bertz CT molecular complexity index is 1080. The van der Waals surface area contributed by atoms with Gasteiger partial charge in [0.1, 0.15) is 5.69 Å². The highest BCUT2D eigenvalue weighted by atomic mass is 32.1. The van der Waals surface area contributed by atoms with Crippen molar-refractivity contribution in [3.8, 4) is 23.7 Å². The fraction of sp³-hybridized carbons (Fsp3) is 0.393. The van der Waals surface area contributed by atoms with Gasteiger partial charge in [-0.05, 0) is 92.7 Å². The molecular weight excluding hydrogens is 401 g/mol. The van der Waals surface area contributed by atoms with Crippen LogP contribution in [0.2, 0.25) is 0 Å². The van der Waals surface area contributed by atoms with Crippen LogP contribution >= 0.6 is 12.2 Å². The third-order valence-electron chi connectivity index (χ3n) is 5.91. The summed E-state index contributed by atoms with van der Waals surface area (Å²) < 4.78 is 13.9. The molecule has 2 aromatic carbocycles. The maximum atomic E-state index is 13.9. The molecule has 0 saturated heterocycles. The molecule has 1 saturated carbocycles. The molecular formula is C28H28FNS. The van der Waals surface area contributed by atoms with Gasteiger partial charge in [0.05, 0.1) is 5.16 Å². The van der Waals surface area contributed by atoms with Gasteiger partial charge in [0, 0.05) is 22.6 Å². The monoisotopic (exact) mass is 429 g/mol. The number of aryl methyl sites for hydroxylation is 1. The van der Waals surface area contributed by atoms with E-state index in [0.717, 1.165) is 22.6 Å². The van der Waals surface area contributed by atoms with Crippen LogP contribution in [0.1, 0.15) is 74.1 Å². The lowest BCUT2D eigenvalue weighted by Crippen LogP contribution is -2.13. The molecule has 1 aliphatic rings. The molecule has 3 heteroatoms. The number of aliphatic imine (C=N–C) groups is 1. The molecule has 1 fully saturated rings. The van der Waals surface area contributed by atoms with E-state index in [9.17, 15) is 4.39 Å². The van der Waals surface area contributed by atoms with Crippen LogP contribution in [0.25, 0.3) is 0 Å². The number of benzene rings is 2. The summed E-state index contributed by atoms with van der Waals surface area (Å²) in [5.74, 6) is 14.0. The molecule has 0 amide bonds. The minimum absolute atomic E-state index is 0.175. The lowest BCUT2D eigenvalue weighted by atomic mass is 9.80. The summed E-state index contributed by atoms with van der Waals surface area (Å²) in [6.07, 6.45) is 9.16. The third-order valence-corrected chi connectivity index (χ3v) is 6.01. The molecule has 0 aliphatic heterocycles. The second kappa shape index (κ2) is 11.6. The van der Waals surface area contributed by atoms with Crippen molar-refractivity contribution >= 4 is 23.1 Å². The molecule has 2 aromatic rings. The van der Waals surface area contributed by atoms with Gasteiger partial charge in [-0.15, -0.1) is 0 Å². The molecule has 3 rings (SSSR count). The average molecular weight is 430 g/mol. The standard InChI is InChI=1S/C28H28FNS/c1-3-4-5-22-6-8-23(9-7-22)10-11-24-12-15-26(21(2)18-24)16-13-25-14-17-28(30-20-31)27(29)19-25/h12,14-15,17-19,22-23H,3-9H2,1-2H3. The highest BCUT2D eigenvalue weighted by Gasteiger charge is 2.19. The summed E-state index contributed by atoms with van der Waals surface area (Å²) in [5, 5.41) is 2.18. The van der Waals surface area contributed by atoms with Crippen LogP contribution in [0, 0.1) is 48.3 Å². The van der Waals surface area contributed by atoms with Gasteiger partial charge in [-0.1, -0.05) is 49.9 Å². The van der Waals surface area contributed by atoms with E-state index in [-0.39, 0.29) is 5.69 Å². The number of hydrogen-bond acceptors (Lipinski definition) is 2. The molecule has 31 heavy (non-hydrogen) atoms. The molecule has 0 atom stereocenters. The predicted octanol–water partition coefficient (Wildman–Crippen LogP) is 7.62. The zero-order chi connectivity index (χ0) is 22.1. The normalized spacial score (nSPS) is 17.5. The largest absolute Gasteiger partial charge is 0.205 e. The highest BCUT2D eigenvalue weighted by Crippen LogP contribution is 2.31. The second-order valence-electron chi connectivity index (χ2n) is 8.28. The Morgan fingerprint density at radius 2 is 1.74 bits per heavy atom. The van der Waals surface area contributed by atoms with Crippen molar-refractivity contribution in [3.63, 3.8) is 0 Å². The third kappa shape index (κ3) is 6.90. The van der Waals surface area contributed by atoms with E-state index in [1.54, 1.807) is 12.1 Å². The lowest BCUT2D eigenvalue weighted by molar-refractivity contribution is 0.296. The Labute approximate surface area is 191 Å². The lowest BCUT2D eigenvalue weighted by Gasteiger charge is -2.25. The van der Waals surface area contributed by atoms with E-state index in [4.69, 9.17) is 0 Å². The van der Waals surface area contributed by atoms with Gasteiger partial charge < -0.3 is 0 Å². The van der Waals surface area contributed by atoms with Crippen molar-refractivity contribution in [1.29, 1.82) is 0 Å². The van der Waals surface area contributed by atoms with Crippen molar-refractivity contribution < 1.29 is 4.39 Å². The smallest absolute Gasteiger partial charge is 0.150 e. The molecule has 1 aliphatic carbocycles. The quantitative estimate of drug-likeness (QED) is 0.277. The first-order valence-corrected chi connectivity index (χ1v) is 11.5. The Hall–Kier alpha value is -2.71. The van der Waals surface area contributed by atoms with Crippen molar-refractivity contribution in [2.45, 2.75) is 58.8 Å². The maximum absolute atomic E-state index is 13.9. The number of nitrogens with zero attached hydrogens (tertiary/aromatic N) is 1. The van der Waals surface area contributed by atoms with Crippen molar-refractivity contribution in [2.24, 2.45) is 16.8 Å². The zero-order valence-electron chi connectivity index (χ0n) is 18.3. The van der Waals surface area contributed by atoms with Gasteiger partial charge in [-0.2, -0.15) is 4.99 Å². The van der Waals surface area contributed by atoms with Gasteiger partial charge in [0.2, 0.25) is 0 Å². The van der Waals surface area contributed by atoms with Crippen LogP contribution in [0.15, 0.2) is 41.4 Å². The first kappa shape index (κ1) is 23.0. The van der Waals surface area contributed by atoms with Crippen LogP contribution in [0.4, 0.5) is 10.1 Å². The average Bonchev–Trinajstić information content (AvgIpc) is 2.78. The number of halogens is 1. The van der Waals surface area contributed by atoms with Crippen molar-refractivity contribution in [3.05, 3.63) is 64.5 Å². The van der Waals surface area contributed by atoms with Gasteiger partial charge in [0.15, 0.2) is 5.82 Å². The Balaban J connectivity index is 1.63. The number of isothiocyanates is 1. The first-order valence-electron chi connectivity index (χ1n) is 11.1. The number of unbranched alkanes of at least 4 members (excludes halogenated alkanes) is 1. The van der Waals surface area contributed by atoms with E-state index in [0.29, 0.717) is 11.5 Å². The fourth-order valence-electron chi connectivity index (χ4n) is 4.02. The number of hydrogen-bond donors (Lipinski definition) is 0. The van der Waals surface area contributed by atoms with E-state index < -0.39 is 5.82 Å². The zero-order valence-corrected chi connectivity index (χ0v) is 19.1. The molecule has 0 radical (unpaired) electrons. The van der Waals surface area contributed by atoms with E-state index >= 15 is 0 Å². The molecule has 0 bridgehead atoms. The van der Waals surface area contributed by atoms with Crippen LogP contribution in [-0.2, 0) is 0 Å². The number of rotatable bonds is 4. The topological polar surface area (TPSA) is 12.4 Å². The Kier molecular flexibility index (Phi) is 8.61. The summed E-state index contributed by atoms with van der Waals surface area (Å²) >= 11 is 4.52. The summed E-state index contributed by atoms with van der Waals surface area (Å²) in [5.41, 5.74) is 3.80. The van der Waals surface area contributed by atoms with Crippen molar-refractivity contribution in [1.82, 2.24) is 0 Å². The van der Waals surface area contributed by atoms with Crippen LogP contribution in [0.5, 0.6) is 0 Å². The van der Waals surface area contributed by atoms with Crippen molar-refractivity contribution in [2.75, 3.05) is 0 Å². The fourth-order valence-corrected chi connectivity index (χ4v) is 4.12. The highest BCUT2D eigenvalue weighted by molar-refractivity contribution is 7.78. The summed E-state index contributed by atoms with van der Waals surface area (Å²) in [6.45, 7) is 4.30. The molecule has 0 unspecified atom stereocenters. The molecule has 0 heterocycles. The second-order valence-corrected chi connectivity index (χ2v) is 8.46. The van der Waals surface area contributed by atoms with Gasteiger partial charge >= 0.3 is 0 Å². The van der Waals surface area contributed by atoms with Crippen LogP contribution < -0.4 is 0 Å². The predicted molar refractivity (Wildman–Crippen MR) is 130 cm³/mol. The molecule has 0 N–H and O–H groups in total. The van der Waals surface area contributed by atoms with Gasteiger partial charge in [-0.25, -0.2) is 4.39 Å². The Morgan fingerprint density at radius 3 is 2.42 bits per heavy atom. The van der Waals surface area contributed by atoms with Gasteiger partial charge in [-0.3, -0.25) is 0 Å². The first-order chi connectivity index (χ1) is 15.1.